The summed E-state index contributed by atoms with van der Waals surface area (Å²) in [5.41, 5.74) is 0. The average molecular weight is 275 g/mol. The van der Waals surface area contributed by atoms with Gasteiger partial charge in [0.1, 0.15) is 0 Å². The first-order valence-corrected chi connectivity index (χ1v) is 9.81. The third-order valence-electron chi connectivity index (χ3n) is 1.71. The van der Waals surface area contributed by atoms with Crippen molar-refractivity contribution in [2.75, 3.05) is 40.1 Å². The van der Waals surface area contributed by atoms with E-state index < -0.39 is 6.69 Å². The van der Waals surface area contributed by atoms with Crippen molar-refractivity contribution in [3.8, 4) is 0 Å². The lowest BCUT2D eigenvalue weighted by Gasteiger charge is -2.09. The number of methoxy groups -OCH3 is 1. The molecule has 0 N–H and O–H groups in total. The van der Waals surface area contributed by atoms with Gasteiger partial charge in [0.25, 0.3) is 0 Å². The number of rotatable bonds is 10. The fourth-order valence-corrected chi connectivity index (χ4v) is 2.52. The zero-order valence-corrected chi connectivity index (χ0v) is 11.9. The SMILES string of the molecule is COCCOCCOCCC[Si](C)(Cl)Cl. The number of hydrogen-bond acceptors (Lipinski definition) is 3. The summed E-state index contributed by atoms with van der Waals surface area (Å²) in [6, 6.07) is 0.876. The molecule has 15 heavy (non-hydrogen) atoms. The first-order chi connectivity index (χ1) is 7.06. The standard InChI is InChI=1S/C9H20Cl2O3Si/c1-12-5-6-14-8-7-13-4-3-9-15(2,10)11/h3-9H2,1-2H3. The van der Waals surface area contributed by atoms with Crippen LogP contribution in [0.25, 0.3) is 0 Å². The van der Waals surface area contributed by atoms with E-state index >= 15 is 0 Å². The predicted molar refractivity (Wildman–Crippen MR) is 66.3 cm³/mol. The molecule has 0 heterocycles. The van der Waals surface area contributed by atoms with E-state index in [9.17, 15) is 0 Å². The maximum atomic E-state index is 5.94. The molecule has 0 aromatic heterocycles. The van der Waals surface area contributed by atoms with Gasteiger partial charge in [-0.3, -0.25) is 0 Å². The van der Waals surface area contributed by atoms with Crippen LogP contribution in [0, 0.1) is 0 Å². The highest BCUT2D eigenvalue weighted by Gasteiger charge is 2.19. The minimum Gasteiger partial charge on any atom is -0.382 e. The minimum absolute atomic E-state index is 0.611. The topological polar surface area (TPSA) is 27.7 Å². The normalized spacial score (nSPS) is 12.0. The summed E-state index contributed by atoms with van der Waals surface area (Å²) in [7, 11) is 1.65. The van der Waals surface area contributed by atoms with Crippen LogP contribution in [0.15, 0.2) is 0 Å². The monoisotopic (exact) mass is 274 g/mol. The Balaban J connectivity index is 2.99. The second-order valence-electron chi connectivity index (χ2n) is 3.39. The van der Waals surface area contributed by atoms with Gasteiger partial charge in [0, 0.05) is 13.7 Å². The quantitative estimate of drug-likeness (QED) is 0.348. The molecule has 0 saturated carbocycles. The molecule has 0 fully saturated rings. The van der Waals surface area contributed by atoms with E-state index in [1.165, 1.54) is 0 Å². The van der Waals surface area contributed by atoms with Crippen LogP contribution < -0.4 is 0 Å². The molecule has 0 saturated heterocycles. The summed E-state index contributed by atoms with van der Waals surface area (Å²) in [6.07, 6.45) is 0.924. The lowest BCUT2D eigenvalue weighted by molar-refractivity contribution is 0.0250. The molecular weight excluding hydrogens is 255 g/mol. The van der Waals surface area contributed by atoms with Crippen molar-refractivity contribution >= 4 is 28.9 Å². The molecule has 3 nitrogen and oxygen atoms in total. The van der Waals surface area contributed by atoms with Crippen molar-refractivity contribution in [1.29, 1.82) is 0 Å². The van der Waals surface area contributed by atoms with Crippen LogP contribution in [0.4, 0.5) is 0 Å². The van der Waals surface area contributed by atoms with Crippen molar-refractivity contribution in [2.24, 2.45) is 0 Å². The Labute approximate surface area is 102 Å². The van der Waals surface area contributed by atoms with Gasteiger partial charge < -0.3 is 14.2 Å². The largest absolute Gasteiger partial charge is 0.382 e. The average Bonchev–Trinajstić information content (AvgIpc) is 2.14. The minimum atomic E-state index is -1.93. The zero-order chi connectivity index (χ0) is 11.6. The zero-order valence-electron chi connectivity index (χ0n) is 9.43. The molecular formula is C9H20Cl2O3Si. The maximum Gasteiger partial charge on any atom is 0.248 e. The van der Waals surface area contributed by atoms with E-state index in [1.807, 2.05) is 6.55 Å². The summed E-state index contributed by atoms with van der Waals surface area (Å²) in [4.78, 5) is 0. The molecule has 0 amide bonds. The van der Waals surface area contributed by atoms with Crippen molar-refractivity contribution in [3.63, 3.8) is 0 Å². The van der Waals surface area contributed by atoms with Crippen LogP contribution in [0.1, 0.15) is 6.42 Å². The Morgan fingerprint density at radius 1 is 0.933 bits per heavy atom. The molecule has 6 heteroatoms. The lowest BCUT2D eigenvalue weighted by Crippen LogP contribution is -2.14. The van der Waals surface area contributed by atoms with Gasteiger partial charge in [0.05, 0.1) is 26.4 Å². The highest BCUT2D eigenvalue weighted by atomic mass is 35.7. The van der Waals surface area contributed by atoms with E-state index in [0.717, 1.165) is 12.5 Å². The molecule has 0 aromatic rings. The summed E-state index contributed by atoms with van der Waals surface area (Å²) in [5.74, 6) is 0. The van der Waals surface area contributed by atoms with E-state index in [-0.39, 0.29) is 0 Å². The van der Waals surface area contributed by atoms with Crippen molar-refractivity contribution in [1.82, 2.24) is 0 Å². The Morgan fingerprint density at radius 2 is 1.47 bits per heavy atom. The summed E-state index contributed by atoms with van der Waals surface area (Å²) in [5, 5.41) is 0. The summed E-state index contributed by atoms with van der Waals surface area (Å²) in [6.45, 7) is 3.17. The second kappa shape index (κ2) is 9.87. The van der Waals surface area contributed by atoms with Crippen LogP contribution in [0.3, 0.4) is 0 Å². The molecule has 0 aliphatic heterocycles. The van der Waals surface area contributed by atoms with Crippen LogP contribution >= 0.6 is 22.2 Å². The van der Waals surface area contributed by atoms with Crippen LogP contribution in [0.5, 0.6) is 0 Å². The Bertz CT molecular complexity index is 142. The van der Waals surface area contributed by atoms with Gasteiger partial charge in [-0.25, -0.2) is 0 Å². The third kappa shape index (κ3) is 14.7. The molecule has 0 radical (unpaired) electrons. The van der Waals surface area contributed by atoms with Crippen LogP contribution in [-0.2, 0) is 14.2 Å². The van der Waals surface area contributed by atoms with E-state index in [1.54, 1.807) is 7.11 Å². The fraction of sp³-hybridized carbons (Fsp3) is 1.00. The highest BCUT2D eigenvalue weighted by Crippen LogP contribution is 2.21. The molecule has 92 valence electrons. The van der Waals surface area contributed by atoms with Gasteiger partial charge in [-0.05, 0) is 19.0 Å². The van der Waals surface area contributed by atoms with Gasteiger partial charge in [-0.2, -0.15) is 0 Å². The molecule has 0 bridgehead atoms. The van der Waals surface area contributed by atoms with Crippen molar-refractivity contribution < 1.29 is 14.2 Å². The van der Waals surface area contributed by atoms with Crippen LogP contribution in [-0.4, -0.2) is 46.8 Å². The lowest BCUT2D eigenvalue weighted by atomic mass is 10.5. The first-order valence-electron chi connectivity index (χ1n) is 5.08. The summed E-state index contributed by atoms with van der Waals surface area (Å²) >= 11 is 11.9. The number of halogens is 2. The number of hydrogen-bond donors (Lipinski definition) is 0. The molecule has 0 spiro atoms. The van der Waals surface area contributed by atoms with E-state index in [4.69, 9.17) is 36.4 Å². The predicted octanol–water partition coefficient (Wildman–Crippen LogP) is 2.61. The van der Waals surface area contributed by atoms with Gasteiger partial charge in [-0.1, -0.05) is 0 Å². The molecule has 0 rings (SSSR count). The Kier molecular flexibility index (Phi) is 10.3. The van der Waals surface area contributed by atoms with Gasteiger partial charge in [-0.15, -0.1) is 22.2 Å². The van der Waals surface area contributed by atoms with E-state index in [0.29, 0.717) is 33.0 Å². The maximum absolute atomic E-state index is 5.94. The molecule has 0 aliphatic rings. The smallest absolute Gasteiger partial charge is 0.248 e. The summed E-state index contributed by atoms with van der Waals surface area (Å²) < 4.78 is 15.4. The highest BCUT2D eigenvalue weighted by molar-refractivity contribution is 7.44. The Morgan fingerprint density at radius 3 is 2.00 bits per heavy atom. The fourth-order valence-electron chi connectivity index (χ4n) is 0.949. The Hall–Kier alpha value is 0.677. The number of ether oxygens (including phenoxy) is 3. The van der Waals surface area contributed by atoms with Crippen molar-refractivity contribution in [3.05, 3.63) is 0 Å². The first kappa shape index (κ1) is 15.7. The van der Waals surface area contributed by atoms with Gasteiger partial charge >= 0.3 is 0 Å². The van der Waals surface area contributed by atoms with Gasteiger partial charge in [0.15, 0.2) is 0 Å². The van der Waals surface area contributed by atoms with Crippen LogP contribution in [0.2, 0.25) is 12.6 Å². The van der Waals surface area contributed by atoms with Gasteiger partial charge in [0.2, 0.25) is 6.69 Å². The molecule has 0 aromatic carbocycles. The third-order valence-corrected chi connectivity index (χ3v) is 4.07. The van der Waals surface area contributed by atoms with Crippen molar-refractivity contribution in [2.45, 2.75) is 19.0 Å². The second-order valence-corrected chi connectivity index (χ2v) is 11.6. The molecule has 0 atom stereocenters. The molecule has 0 aliphatic carbocycles. The van der Waals surface area contributed by atoms with E-state index in [2.05, 4.69) is 0 Å². The molecule has 0 unspecified atom stereocenters.